The van der Waals surface area contributed by atoms with E-state index in [1.54, 1.807) is 0 Å². The zero-order valence-electron chi connectivity index (χ0n) is 15.1. The van der Waals surface area contributed by atoms with Gasteiger partial charge in [-0.1, -0.05) is 39.0 Å². The zero-order chi connectivity index (χ0) is 17.7. The molecule has 132 valence electrons. The Bertz CT molecular complexity index is 585. The van der Waals surface area contributed by atoms with E-state index in [0.717, 1.165) is 24.2 Å². The number of carbonyl (C=O) groups excluding carboxylic acids is 2. The van der Waals surface area contributed by atoms with Crippen LogP contribution in [0.25, 0.3) is 0 Å². The predicted octanol–water partition coefficient (Wildman–Crippen LogP) is 2.53. The van der Waals surface area contributed by atoms with E-state index in [1.165, 1.54) is 0 Å². The number of hydrogen-bond donors (Lipinski definition) is 1. The Morgan fingerprint density at radius 3 is 2.42 bits per heavy atom. The number of ether oxygens (including phenoxy) is 1. The molecule has 0 spiro atoms. The van der Waals surface area contributed by atoms with Gasteiger partial charge in [-0.3, -0.25) is 9.59 Å². The molecule has 0 unspecified atom stereocenters. The summed E-state index contributed by atoms with van der Waals surface area (Å²) < 4.78 is 5.57. The molecule has 0 saturated carbocycles. The number of likely N-dealkylation sites (tertiary alicyclic amines) is 1. The maximum Gasteiger partial charge on any atom is 0.258 e. The topological polar surface area (TPSA) is 58.6 Å². The minimum atomic E-state index is -0.350. The van der Waals surface area contributed by atoms with Crippen molar-refractivity contribution in [2.75, 3.05) is 19.7 Å². The Labute approximate surface area is 144 Å². The van der Waals surface area contributed by atoms with Gasteiger partial charge in [0.1, 0.15) is 5.75 Å². The molecule has 1 saturated heterocycles. The monoisotopic (exact) mass is 332 g/mol. The normalized spacial score (nSPS) is 15.9. The van der Waals surface area contributed by atoms with Crippen LogP contribution in [0.3, 0.4) is 0 Å². The van der Waals surface area contributed by atoms with Crippen LogP contribution in [-0.2, 0) is 9.59 Å². The third-order valence-electron chi connectivity index (χ3n) is 4.24. The van der Waals surface area contributed by atoms with Gasteiger partial charge in [-0.2, -0.15) is 0 Å². The summed E-state index contributed by atoms with van der Waals surface area (Å²) in [5.74, 6) is 0.798. The fourth-order valence-electron chi connectivity index (χ4n) is 2.83. The summed E-state index contributed by atoms with van der Waals surface area (Å²) >= 11 is 0. The van der Waals surface area contributed by atoms with Crippen molar-refractivity contribution in [1.29, 1.82) is 0 Å². The maximum atomic E-state index is 12.3. The molecule has 5 nitrogen and oxygen atoms in total. The van der Waals surface area contributed by atoms with E-state index in [2.05, 4.69) is 5.32 Å². The molecular weight excluding hydrogens is 304 g/mol. The second-order valence-electron chi connectivity index (χ2n) is 7.44. The van der Waals surface area contributed by atoms with E-state index < -0.39 is 0 Å². The van der Waals surface area contributed by atoms with Gasteiger partial charge in [0.05, 0.1) is 0 Å². The molecule has 0 aromatic heterocycles. The lowest BCUT2D eigenvalue weighted by atomic mass is 9.93. The van der Waals surface area contributed by atoms with Crippen molar-refractivity contribution < 1.29 is 14.3 Å². The number of para-hydroxylation sites is 1. The molecule has 1 N–H and O–H groups in total. The molecule has 5 heteroatoms. The number of hydrogen-bond acceptors (Lipinski definition) is 3. The Morgan fingerprint density at radius 2 is 1.83 bits per heavy atom. The Morgan fingerprint density at radius 1 is 1.21 bits per heavy atom. The van der Waals surface area contributed by atoms with Crippen molar-refractivity contribution in [3.63, 3.8) is 0 Å². The summed E-state index contributed by atoms with van der Waals surface area (Å²) in [6.07, 6.45) is 1.58. The number of aryl methyl sites for hydroxylation is 1. The number of rotatable bonds is 4. The maximum absolute atomic E-state index is 12.3. The average Bonchev–Trinajstić information content (AvgIpc) is 2.53. The van der Waals surface area contributed by atoms with Crippen LogP contribution in [-0.4, -0.2) is 42.5 Å². The van der Waals surface area contributed by atoms with Gasteiger partial charge in [-0.15, -0.1) is 0 Å². The predicted molar refractivity (Wildman–Crippen MR) is 93.9 cm³/mol. The third kappa shape index (κ3) is 4.98. The SMILES string of the molecule is Cc1ccccc1OCC(=O)NC1CCN(C(=O)C(C)(C)C)CC1. The first-order valence-corrected chi connectivity index (χ1v) is 8.54. The van der Waals surface area contributed by atoms with Crippen LogP contribution in [0.5, 0.6) is 5.75 Å². The lowest BCUT2D eigenvalue weighted by molar-refractivity contribution is -0.140. The average molecular weight is 332 g/mol. The number of amides is 2. The van der Waals surface area contributed by atoms with Gasteiger partial charge < -0.3 is 15.0 Å². The molecule has 0 aliphatic carbocycles. The molecule has 2 amide bonds. The number of piperidine rings is 1. The van der Waals surface area contributed by atoms with Crippen LogP contribution in [0.2, 0.25) is 0 Å². The number of nitrogens with zero attached hydrogens (tertiary/aromatic N) is 1. The molecular formula is C19H28N2O3. The van der Waals surface area contributed by atoms with E-state index >= 15 is 0 Å². The van der Waals surface area contributed by atoms with Gasteiger partial charge in [0.25, 0.3) is 5.91 Å². The number of benzene rings is 1. The quantitative estimate of drug-likeness (QED) is 0.922. The molecule has 2 rings (SSSR count). The highest BCUT2D eigenvalue weighted by molar-refractivity contribution is 5.81. The third-order valence-corrected chi connectivity index (χ3v) is 4.24. The molecule has 1 aliphatic rings. The lowest BCUT2D eigenvalue weighted by Crippen LogP contribution is -2.49. The summed E-state index contributed by atoms with van der Waals surface area (Å²) in [6, 6.07) is 7.76. The molecule has 0 radical (unpaired) electrons. The summed E-state index contributed by atoms with van der Waals surface area (Å²) in [7, 11) is 0. The molecule has 0 atom stereocenters. The Hall–Kier alpha value is -2.04. The Balaban J connectivity index is 1.74. The zero-order valence-corrected chi connectivity index (χ0v) is 15.1. The largest absolute Gasteiger partial charge is 0.484 e. The fourth-order valence-corrected chi connectivity index (χ4v) is 2.83. The van der Waals surface area contributed by atoms with E-state index in [-0.39, 0.29) is 29.9 Å². The van der Waals surface area contributed by atoms with E-state index in [0.29, 0.717) is 13.1 Å². The van der Waals surface area contributed by atoms with E-state index in [4.69, 9.17) is 4.74 Å². The fraction of sp³-hybridized carbons (Fsp3) is 0.579. The smallest absolute Gasteiger partial charge is 0.258 e. The molecule has 1 fully saturated rings. The second-order valence-corrected chi connectivity index (χ2v) is 7.44. The van der Waals surface area contributed by atoms with Crippen molar-refractivity contribution in [3.8, 4) is 5.75 Å². The van der Waals surface area contributed by atoms with Crippen molar-refractivity contribution in [1.82, 2.24) is 10.2 Å². The Kier molecular flexibility index (Phi) is 5.86. The highest BCUT2D eigenvalue weighted by atomic mass is 16.5. The van der Waals surface area contributed by atoms with Crippen LogP contribution in [0, 0.1) is 12.3 Å². The summed E-state index contributed by atoms with van der Waals surface area (Å²) in [5.41, 5.74) is 0.664. The highest BCUT2D eigenvalue weighted by Gasteiger charge is 2.30. The first-order chi connectivity index (χ1) is 11.3. The van der Waals surface area contributed by atoms with Crippen molar-refractivity contribution >= 4 is 11.8 Å². The molecule has 1 aromatic carbocycles. The van der Waals surface area contributed by atoms with Gasteiger partial charge in [0, 0.05) is 24.5 Å². The van der Waals surface area contributed by atoms with E-state index in [1.807, 2.05) is 56.9 Å². The summed E-state index contributed by atoms with van der Waals surface area (Å²) in [6.45, 7) is 9.17. The van der Waals surface area contributed by atoms with Gasteiger partial charge >= 0.3 is 0 Å². The molecule has 1 aromatic rings. The second kappa shape index (κ2) is 7.69. The van der Waals surface area contributed by atoms with Crippen LogP contribution >= 0.6 is 0 Å². The van der Waals surface area contributed by atoms with Crippen LogP contribution in [0.4, 0.5) is 0 Å². The summed E-state index contributed by atoms with van der Waals surface area (Å²) in [4.78, 5) is 26.2. The first kappa shape index (κ1) is 18.3. The van der Waals surface area contributed by atoms with Crippen LogP contribution < -0.4 is 10.1 Å². The molecule has 1 heterocycles. The summed E-state index contributed by atoms with van der Waals surface area (Å²) in [5, 5.41) is 3.00. The van der Waals surface area contributed by atoms with Crippen molar-refractivity contribution in [3.05, 3.63) is 29.8 Å². The minimum absolute atomic E-state index is 0.0198. The van der Waals surface area contributed by atoms with Gasteiger partial charge in [-0.25, -0.2) is 0 Å². The highest BCUT2D eigenvalue weighted by Crippen LogP contribution is 2.21. The van der Waals surface area contributed by atoms with Gasteiger partial charge in [-0.05, 0) is 31.4 Å². The standard InChI is InChI=1S/C19H28N2O3/c1-14-7-5-6-8-16(14)24-13-17(22)20-15-9-11-21(12-10-15)18(23)19(2,3)4/h5-8,15H,9-13H2,1-4H3,(H,20,22). The number of carbonyl (C=O) groups is 2. The minimum Gasteiger partial charge on any atom is -0.484 e. The van der Waals surface area contributed by atoms with Gasteiger partial charge in [0.2, 0.25) is 5.91 Å². The first-order valence-electron chi connectivity index (χ1n) is 8.54. The molecule has 0 bridgehead atoms. The van der Waals surface area contributed by atoms with Crippen LogP contribution in [0.1, 0.15) is 39.2 Å². The lowest BCUT2D eigenvalue weighted by Gasteiger charge is -2.36. The number of nitrogens with one attached hydrogen (secondary N) is 1. The van der Waals surface area contributed by atoms with Crippen molar-refractivity contribution in [2.45, 2.75) is 46.6 Å². The van der Waals surface area contributed by atoms with E-state index in [9.17, 15) is 9.59 Å². The molecule has 24 heavy (non-hydrogen) atoms. The van der Waals surface area contributed by atoms with Gasteiger partial charge in [0.15, 0.2) is 6.61 Å². The van der Waals surface area contributed by atoms with Crippen LogP contribution in [0.15, 0.2) is 24.3 Å². The van der Waals surface area contributed by atoms with Crippen molar-refractivity contribution in [2.24, 2.45) is 5.41 Å². The molecule has 1 aliphatic heterocycles.